The first-order valence-corrected chi connectivity index (χ1v) is 4.73. The zero-order valence-corrected chi connectivity index (χ0v) is 8.73. The molecule has 0 atom stereocenters. The molecule has 1 aliphatic rings. The van der Waals surface area contributed by atoms with E-state index in [-0.39, 0.29) is 0 Å². The van der Waals surface area contributed by atoms with Gasteiger partial charge in [-0.05, 0) is 55.5 Å². The molecule has 1 radical (unpaired) electrons. The van der Waals surface area contributed by atoms with Gasteiger partial charge in [0.25, 0.3) is 0 Å². The molecule has 0 nitrogen and oxygen atoms in total. The van der Waals surface area contributed by atoms with Crippen LogP contribution in [0.15, 0.2) is 11.6 Å². The molecule has 0 amide bonds. The van der Waals surface area contributed by atoms with Crippen molar-refractivity contribution in [1.82, 2.24) is 0 Å². The molecule has 0 heteroatoms. The largest absolute Gasteiger partial charge is 0.0642 e. The van der Waals surface area contributed by atoms with Crippen LogP contribution in [0.2, 0.25) is 0 Å². The van der Waals surface area contributed by atoms with Crippen LogP contribution in [0, 0.1) is 27.2 Å². The summed E-state index contributed by atoms with van der Waals surface area (Å²) in [6, 6.07) is 2.27. The van der Waals surface area contributed by atoms with Crippen LogP contribution < -0.4 is 0 Å². The lowest BCUT2D eigenvalue weighted by atomic mass is 9.95. The number of rotatable bonds is 0. The van der Waals surface area contributed by atoms with Crippen LogP contribution in [0.1, 0.15) is 34.7 Å². The van der Waals surface area contributed by atoms with Crippen molar-refractivity contribution in [1.29, 1.82) is 0 Å². The van der Waals surface area contributed by atoms with Crippen LogP contribution in [0.3, 0.4) is 0 Å². The van der Waals surface area contributed by atoms with Gasteiger partial charge in [-0.3, -0.25) is 0 Å². The molecular formula is C13H15. The second-order valence-corrected chi connectivity index (χ2v) is 4.00. The van der Waals surface area contributed by atoms with Crippen molar-refractivity contribution in [2.45, 2.75) is 27.7 Å². The van der Waals surface area contributed by atoms with Crippen LogP contribution in [0.5, 0.6) is 0 Å². The van der Waals surface area contributed by atoms with E-state index in [9.17, 15) is 0 Å². The zero-order chi connectivity index (χ0) is 9.59. The average molecular weight is 171 g/mol. The van der Waals surface area contributed by atoms with Crippen LogP contribution >= 0.6 is 0 Å². The van der Waals surface area contributed by atoms with E-state index in [2.05, 4.69) is 46.3 Å². The fourth-order valence-electron chi connectivity index (χ4n) is 2.01. The average Bonchev–Trinajstić information content (AvgIpc) is 2.44. The van der Waals surface area contributed by atoms with E-state index in [0.717, 1.165) is 0 Å². The van der Waals surface area contributed by atoms with Crippen molar-refractivity contribution in [3.63, 3.8) is 0 Å². The van der Waals surface area contributed by atoms with Crippen LogP contribution in [-0.2, 0) is 0 Å². The smallest absolute Gasteiger partial charge is 0.0164 e. The molecule has 1 aromatic carbocycles. The summed E-state index contributed by atoms with van der Waals surface area (Å²) in [5, 5.41) is 0. The topological polar surface area (TPSA) is 0 Å². The van der Waals surface area contributed by atoms with Gasteiger partial charge in [0.1, 0.15) is 0 Å². The number of aryl methyl sites for hydroxylation is 2. The SMILES string of the molecule is CC1=Cc2c(C)cc(C)c(C)c2[CH]1. The summed E-state index contributed by atoms with van der Waals surface area (Å²) in [5.74, 6) is 0. The van der Waals surface area contributed by atoms with Crippen LogP contribution in [0.4, 0.5) is 0 Å². The van der Waals surface area contributed by atoms with E-state index in [0.29, 0.717) is 0 Å². The first kappa shape index (κ1) is 8.55. The second kappa shape index (κ2) is 2.73. The van der Waals surface area contributed by atoms with Crippen molar-refractivity contribution < 1.29 is 0 Å². The zero-order valence-electron chi connectivity index (χ0n) is 8.73. The van der Waals surface area contributed by atoms with Gasteiger partial charge in [0, 0.05) is 6.42 Å². The molecular weight excluding hydrogens is 156 g/mol. The standard InChI is InChI=1S/C13H15/c1-8-5-12-10(3)7-9(2)11(4)13(12)6-8/h5-7H,1-4H3. The summed E-state index contributed by atoms with van der Waals surface area (Å²) in [6.45, 7) is 8.74. The quantitative estimate of drug-likeness (QED) is 0.559. The molecule has 0 fully saturated rings. The Kier molecular flexibility index (Phi) is 1.80. The van der Waals surface area contributed by atoms with E-state index in [4.69, 9.17) is 0 Å². The first-order chi connectivity index (χ1) is 6.09. The lowest BCUT2D eigenvalue weighted by Gasteiger charge is -2.10. The maximum atomic E-state index is 2.28. The molecule has 0 aliphatic heterocycles. The Morgan fingerprint density at radius 1 is 0.846 bits per heavy atom. The number of benzene rings is 1. The predicted octanol–water partition coefficient (Wildman–Crippen LogP) is 3.58. The Balaban J connectivity index is 2.70. The highest BCUT2D eigenvalue weighted by Crippen LogP contribution is 2.33. The summed E-state index contributed by atoms with van der Waals surface area (Å²) in [7, 11) is 0. The van der Waals surface area contributed by atoms with Gasteiger partial charge in [-0.2, -0.15) is 0 Å². The van der Waals surface area contributed by atoms with Gasteiger partial charge in [0.15, 0.2) is 0 Å². The van der Waals surface area contributed by atoms with Gasteiger partial charge < -0.3 is 0 Å². The highest BCUT2D eigenvalue weighted by molar-refractivity contribution is 5.73. The summed E-state index contributed by atoms with van der Waals surface area (Å²) >= 11 is 0. The Morgan fingerprint density at radius 2 is 1.54 bits per heavy atom. The molecule has 0 spiro atoms. The number of hydrogen-bond donors (Lipinski definition) is 0. The molecule has 0 bridgehead atoms. The fourth-order valence-corrected chi connectivity index (χ4v) is 2.01. The molecule has 2 rings (SSSR count). The van der Waals surface area contributed by atoms with Crippen molar-refractivity contribution in [3.8, 4) is 0 Å². The van der Waals surface area contributed by atoms with Gasteiger partial charge in [-0.15, -0.1) is 0 Å². The summed E-state index contributed by atoms with van der Waals surface area (Å²) in [4.78, 5) is 0. The molecule has 0 unspecified atom stereocenters. The van der Waals surface area contributed by atoms with E-state index >= 15 is 0 Å². The van der Waals surface area contributed by atoms with Crippen molar-refractivity contribution in [2.75, 3.05) is 0 Å². The summed E-state index contributed by atoms with van der Waals surface area (Å²) in [6.07, 6.45) is 4.56. The monoisotopic (exact) mass is 171 g/mol. The van der Waals surface area contributed by atoms with Crippen molar-refractivity contribution in [2.24, 2.45) is 0 Å². The van der Waals surface area contributed by atoms with Gasteiger partial charge in [0.2, 0.25) is 0 Å². The van der Waals surface area contributed by atoms with Crippen molar-refractivity contribution >= 4 is 6.08 Å². The third kappa shape index (κ3) is 1.21. The maximum Gasteiger partial charge on any atom is 0.0164 e. The van der Waals surface area contributed by atoms with E-state index in [1.54, 1.807) is 0 Å². The van der Waals surface area contributed by atoms with E-state index in [1.165, 1.54) is 33.4 Å². The first-order valence-electron chi connectivity index (χ1n) is 4.73. The Bertz CT molecular complexity index is 395. The van der Waals surface area contributed by atoms with Gasteiger partial charge in [-0.25, -0.2) is 0 Å². The molecule has 1 aromatic rings. The molecule has 13 heavy (non-hydrogen) atoms. The molecule has 0 N–H and O–H groups in total. The van der Waals surface area contributed by atoms with Gasteiger partial charge in [0.05, 0.1) is 0 Å². The second-order valence-electron chi connectivity index (χ2n) is 4.00. The minimum absolute atomic E-state index is 1.37. The molecule has 0 heterocycles. The maximum absolute atomic E-state index is 2.28. The molecule has 0 aromatic heterocycles. The lowest BCUT2D eigenvalue weighted by Crippen LogP contribution is -1.93. The Morgan fingerprint density at radius 3 is 2.23 bits per heavy atom. The third-order valence-electron chi connectivity index (χ3n) is 2.89. The lowest BCUT2D eigenvalue weighted by molar-refractivity contribution is 1.25. The normalized spacial score (nSPS) is 14.3. The van der Waals surface area contributed by atoms with Crippen LogP contribution in [0.25, 0.3) is 6.08 Å². The molecule has 67 valence electrons. The summed E-state index contributed by atoms with van der Waals surface area (Å²) in [5.41, 5.74) is 8.43. The summed E-state index contributed by atoms with van der Waals surface area (Å²) < 4.78 is 0. The van der Waals surface area contributed by atoms with Gasteiger partial charge in [-0.1, -0.05) is 17.7 Å². The molecule has 0 saturated heterocycles. The molecule has 0 saturated carbocycles. The van der Waals surface area contributed by atoms with Crippen LogP contribution in [-0.4, -0.2) is 0 Å². The van der Waals surface area contributed by atoms with Gasteiger partial charge >= 0.3 is 0 Å². The van der Waals surface area contributed by atoms with Crippen molar-refractivity contribution in [3.05, 3.63) is 45.9 Å². The Labute approximate surface area is 80.3 Å². The molecule has 1 aliphatic carbocycles. The fraction of sp³-hybridized carbons (Fsp3) is 0.308. The Hall–Kier alpha value is -1.04. The number of hydrogen-bond acceptors (Lipinski definition) is 0. The van der Waals surface area contributed by atoms with E-state index in [1.807, 2.05) is 0 Å². The highest BCUT2D eigenvalue weighted by Gasteiger charge is 2.15. The predicted molar refractivity (Wildman–Crippen MR) is 57.7 cm³/mol. The van der Waals surface area contributed by atoms with E-state index < -0.39 is 0 Å². The number of allylic oxidation sites excluding steroid dienone is 1. The minimum atomic E-state index is 1.37. The number of fused-ring (bicyclic) bond motifs is 1. The third-order valence-corrected chi connectivity index (χ3v) is 2.89. The minimum Gasteiger partial charge on any atom is -0.0642 e. The highest BCUT2D eigenvalue weighted by atomic mass is 14.2.